The van der Waals surface area contributed by atoms with Crippen molar-refractivity contribution in [2.45, 2.75) is 4.90 Å². The first-order valence-corrected chi connectivity index (χ1v) is 8.61. The summed E-state index contributed by atoms with van der Waals surface area (Å²) < 4.78 is 38.1. The second-order valence-electron chi connectivity index (χ2n) is 5.04. The van der Waals surface area contributed by atoms with Gasteiger partial charge in [0.2, 0.25) is 0 Å². The Hall–Kier alpha value is -2.80. The molecule has 0 atom stereocenters. The van der Waals surface area contributed by atoms with Crippen LogP contribution in [0.25, 0.3) is 10.9 Å². The zero-order chi connectivity index (χ0) is 17.2. The summed E-state index contributed by atoms with van der Waals surface area (Å²) >= 11 is 0. The van der Waals surface area contributed by atoms with Gasteiger partial charge in [-0.2, -0.15) is 0 Å². The number of nitrogens with zero attached hydrogens (tertiary/aromatic N) is 1. The summed E-state index contributed by atoms with van der Waals surface area (Å²) in [6.45, 7) is 0. The lowest BCUT2D eigenvalue weighted by atomic mass is 10.2. The maximum absolute atomic E-state index is 12.7. The zero-order valence-electron chi connectivity index (χ0n) is 13.2. The van der Waals surface area contributed by atoms with Crippen LogP contribution in [0.5, 0.6) is 11.5 Å². The monoisotopic (exact) mass is 344 g/mol. The number of para-hydroxylation sites is 1. The number of hydrogen-bond acceptors (Lipinski definition) is 5. The van der Waals surface area contributed by atoms with Crippen LogP contribution in [0.4, 0.5) is 5.69 Å². The van der Waals surface area contributed by atoms with Gasteiger partial charge in [0.1, 0.15) is 16.4 Å². The van der Waals surface area contributed by atoms with E-state index in [2.05, 4.69) is 9.71 Å². The summed E-state index contributed by atoms with van der Waals surface area (Å²) in [5.74, 6) is 0.716. The van der Waals surface area contributed by atoms with Crippen molar-refractivity contribution in [1.29, 1.82) is 0 Å². The van der Waals surface area contributed by atoms with E-state index in [0.29, 0.717) is 11.4 Å². The lowest BCUT2D eigenvalue weighted by Gasteiger charge is -2.13. The Morgan fingerprint density at radius 3 is 2.54 bits per heavy atom. The van der Waals surface area contributed by atoms with Crippen LogP contribution >= 0.6 is 0 Å². The number of hydrogen-bond donors (Lipinski definition) is 1. The molecule has 124 valence electrons. The summed E-state index contributed by atoms with van der Waals surface area (Å²) in [7, 11) is -0.910. The molecule has 0 fully saturated rings. The summed E-state index contributed by atoms with van der Waals surface area (Å²) in [4.78, 5) is 4.28. The maximum Gasteiger partial charge on any atom is 0.265 e. The minimum atomic E-state index is -3.82. The Balaban J connectivity index is 1.98. The number of aromatic nitrogens is 1. The smallest absolute Gasteiger partial charge is 0.265 e. The average molecular weight is 344 g/mol. The fourth-order valence-electron chi connectivity index (χ4n) is 2.33. The number of nitrogens with one attached hydrogen (secondary N) is 1. The topological polar surface area (TPSA) is 77.5 Å². The molecule has 3 rings (SSSR count). The van der Waals surface area contributed by atoms with Crippen LogP contribution in [-0.2, 0) is 10.0 Å². The summed E-state index contributed by atoms with van der Waals surface area (Å²) in [5, 5.41) is 0.847. The highest BCUT2D eigenvalue weighted by Gasteiger charge is 2.20. The molecular weight excluding hydrogens is 328 g/mol. The largest absolute Gasteiger partial charge is 0.497 e. The van der Waals surface area contributed by atoms with Gasteiger partial charge >= 0.3 is 0 Å². The van der Waals surface area contributed by atoms with Crippen LogP contribution in [-0.4, -0.2) is 27.6 Å². The molecule has 1 heterocycles. The van der Waals surface area contributed by atoms with Crippen molar-refractivity contribution in [3.63, 3.8) is 0 Å². The Morgan fingerprint density at radius 1 is 1.00 bits per heavy atom. The Bertz CT molecular complexity index is 987. The number of pyridine rings is 1. The highest BCUT2D eigenvalue weighted by atomic mass is 32.2. The zero-order valence-corrected chi connectivity index (χ0v) is 14.0. The number of sulfonamides is 1. The first-order chi connectivity index (χ1) is 11.5. The molecule has 2 aromatic carbocycles. The molecule has 0 aliphatic heterocycles. The summed E-state index contributed by atoms with van der Waals surface area (Å²) in [5.41, 5.74) is 1.18. The summed E-state index contributed by atoms with van der Waals surface area (Å²) in [6.07, 6.45) is 1.48. The molecule has 0 aliphatic rings. The highest BCUT2D eigenvalue weighted by Crippen LogP contribution is 2.30. The predicted molar refractivity (Wildman–Crippen MR) is 92.1 cm³/mol. The van der Waals surface area contributed by atoms with E-state index in [1.165, 1.54) is 32.5 Å². The Kier molecular flexibility index (Phi) is 4.26. The van der Waals surface area contributed by atoms with Crippen molar-refractivity contribution < 1.29 is 17.9 Å². The van der Waals surface area contributed by atoms with Gasteiger partial charge in [-0.15, -0.1) is 0 Å². The van der Waals surface area contributed by atoms with Crippen LogP contribution in [0.1, 0.15) is 0 Å². The quantitative estimate of drug-likeness (QED) is 0.770. The van der Waals surface area contributed by atoms with Gasteiger partial charge in [-0.05, 0) is 24.3 Å². The van der Waals surface area contributed by atoms with Crippen molar-refractivity contribution in [2.24, 2.45) is 0 Å². The fraction of sp³-hybridized carbons (Fsp3) is 0.118. The van der Waals surface area contributed by atoms with E-state index in [1.54, 1.807) is 12.1 Å². The molecule has 0 spiro atoms. The molecule has 0 aliphatic carbocycles. The van der Waals surface area contributed by atoms with Gasteiger partial charge in [0.15, 0.2) is 0 Å². The van der Waals surface area contributed by atoms with Crippen molar-refractivity contribution in [3.05, 3.63) is 54.7 Å². The molecule has 0 amide bonds. The molecule has 0 unspecified atom stereocenters. The Morgan fingerprint density at radius 2 is 1.79 bits per heavy atom. The summed E-state index contributed by atoms with van der Waals surface area (Å²) in [6, 6.07) is 13.7. The molecule has 0 saturated carbocycles. The molecule has 6 nitrogen and oxygen atoms in total. The van der Waals surface area contributed by atoms with Crippen molar-refractivity contribution in [3.8, 4) is 11.5 Å². The van der Waals surface area contributed by atoms with Gasteiger partial charge in [-0.25, -0.2) is 8.42 Å². The fourth-order valence-corrected chi connectivity index (χ4v) is 3.52. The molecule has 1 aromatic heterocycles. The third-order valence-corrected chi connectivity index (χ3v) is 4.92. The average Bonchev–Trinajstić information content (AvgIpc) is 2.60. The normalized spacial score (nSPS) is 11.2. The second kappa shape index (κ2) is 6.37. The maximum atomic E-state index is 12.7. The number of anilines is 1. The second-order valence-corrected chi connectivity index (χ2v) is 6.69. The van der Waals surface area contributed by atoms with Gasteiger partial charge in [-0.1, -0.05) is 18.2 Å². The molecule has 7 heteroatoms. The van der Waals surface area contributed by atoms with Crippen molar-refractivity contribution in [1.82, 2.24) is 4.98 Å². The molecule has 1 N–H and O–H groups in total. The van der Waals surface area contributed by atoms with Gasteiger partial charge < -0.3 is 9.47 Å². The molecule has 0 saturated heterocycles. The number of fused-ring (bicyclic) bond motifs is 1. The predicted octanol–water partition coefficient (Wildman–Crippen LogP) is 3.05. The lowest BCUT2D eigenvalue weighted by molar-refractivity contribution is 0.386. The van der Waals surface area contributed by atoms with Crippen molar-refractivity contribution >= 4 is 26.6 Å². The van der Waals surface area contributed by atoms with E-state index in [4.69, 9.17) is 9.47 Å². The van der Waals surface area contributed by atoms with E-state index in [-0.39, 0.29) is 10.6 Å². The van der Waals surface area contributed by atoms with Gasteiger partial charge in [-0.3, -0.25) is 9.71 Å². The molecule has 0 bridgehead atoms. The number of ether oxygens (including phenoxy) is 2. The SMILES string of the molecule is COc1ccc(S(=O)(=O)Nc2cnc3ccccc3c2)c(OC)c1. The first kappa shape index (κ1) is 16.1. The van der Waals surface area contributed by atoms with Gasteiger partial charge in [0.05, 0.1) is 31.6 Å². The molecule has 24 heavy (non-hydrogen) atoms. The molecule has 0 radical (unpaired) electrons. The third-order valence-electron chi connectivity index (χ3n) is 3.50. The van der Waals surface area contributed by atoms with Crippen LogP contribution < -0.4 is 14.2 Å². The van der Waals surface area contributed by atoms with Crippen LogP contribution in [0.3, 0.4) is 0 Å². The van der Waals surface area contributed by atoms with Gasteiger partial charge in [0, 0.05) is 11.5 Å². The molecular formula is C17H16N2O4S. The third kappa shape index (κ3) is 3.11. The first-order valence-electron chi connectivity index (χ1n) is 7.13. The van der Waals surface area contributed by atoms with E-state index in [1.807, 2.05) is 24.3 Å². The van der Waals surface area contributed by atoms with Crippen molar-refractivity contribution in [2.75, 3.05) is 18.9 Å². The van der Waals surface area contributed by atoms with E-state index >= 15 is 0 Å². The highest BCUT2D eigenvalue weighted by molar-refractivity contribution is 7.92. The molecule has 3 aromatic rings. The number of methoxy groups -OCH3 is 2. The lowest BCUT2D eigenvalue weighted by Crippen LogP contribution is -2.14. The Labute approximate surface area is 140 Å². The van der Waals surface area contributed by atoms with Crippen LogP contribution in [0.15, 0.2) is 59.6 Å². The number of benzene rings is 2. The minimum absolute atomic E-state index is 0.0268. The van der Waals surface area contributed by atoms with Crippen LogP contribution in [0.2, 0.25) is 0 Å². The van der Waals surface area contributed by atoms with E-state index < -0.39 is 10.0 Å². The van der Waals surface area contributed by atoms with Crippen LogP contribution in [0, 0.1) is 0 Å². The van der Waals surface area contributed by atoms with E-state index in [9.17, 15) is 8.42 Å². The number of rotatable bonds is 5. The van der Waals surface area contributed by atoms with Gasteiger partial charge in [0.25, 0.3) is 10.0 Å². The standard InChI is InChI=1S/C17H16N2O4S/c1-22-14-7-8-17(16(10-14)23-2)24(20,21)19-13-9-12-5-3-4-6-15(12)18-11-13/h3-11,19H,1-2H3. The minimum Gasteiger partial charge on any atom is -0.497 e. The van der Waals surface area contributed by atoms with E-state index in [0.717, 1.165) is 10.9 Å².